The molecule has 2 saturated heterocycles. The second-order valence-electron chi connectivity index (χ2n) is 8.06. The maximum absolute atomic E-state index is 12.9. The summed E-state index contributed by atoms with van der Waals surface area (Å²) in [5.41, 5.74) is 6.82. The molecule has 0 radical (unpaired) electrons. The Morgan fingerprint density at radius 3 is 2.80 bits per heavy atom. The number of likely N-dealkylation sites (tertiary alicyclic amines) is 1. The van der Waals surface area contributed by atoms with Crippen LogP contribution in [0.3, 0.4) is 0 Å². The number of carbonyl (C=O) groups is 1. The van der Waals surface area contributed by atoms with Gasteiger partial charge in [-0.2, -0.15) is 5.10 Å². The molecule has 1 amide bonds. The first-order valence-electron chi connectivity index (χ1n) is 10.4. The normalized spacial score (nSPS) is 20.3. The van der Waals surface area contributed by atoms with E-state index in [9.17, 15) is 4.79 Å². The molecular formula is C21H26N6O2S. The van der Waals surface area contributed by atoms with Crippen LogP contribution in [0.25, 0.3) is 5.65 Å². The number of amides is 1. The standard InChI is InChI=1S/C21H26N6O2S/c1-14-17(12-25-7-9-29-10-8-25)20-22-5-3-18(27(20)24-14)16-4-6-26(11-16)21(28)19-15(2)23-13-30-19/h3,5,13,16H,4,6-12H2,1-2H3/t16-/m1/s1. The molecule has 2 fully saturated rings. The summed E-state index contributed by atoms with van der Waals surface area (Å²) in [5, 5.41) is 4.84. The Morgan fingerprint density at radius 1 is 1.20 bits per heavy atom. The van der Waals surface area contributed by atoms with Crippen molar-refractivity contribution in [2.45, 2.75) is 32.7 Å². The van der Waals surface area contributed by atoms with E-state index >= 15 is 0 Å². The van der Waals surface area contributed by atoms with Gasteiger partial charge in [0.15, 0.2) is 5.65 Å². The van der Waals surface area contributed by atoms with Crippen molar-refractivity contribution in [2.75, 3.05) is 39.4 Å². The van der Waals surface area contributed by atoms with Gasteiger partial charge in [0.25, 0.3) is 5.91 Å². The van der Waals surface area contributed by atoms with E-state index in [1.54, 1.807) is 5.51 Å². The minimum Gasteiger partial charge on any atom is -0.379 e. The lowest BCUT2D eigenvalue weighted by atomic mass is 10.0. The molecule has 8 nitrogen and oxygen atoms in total. The molecule has 0 aliphatic carbocycles. The number of morpholine rings is 1. The van der Waals surface area contributed by atoms with Crippen LogP contribution in [-0.4, -0.2) is 74.7 Å². The molecule has 5 heterocycles. The lowest BCUT2D eigenvalue weighted by molar-refractivity contribution is 0.0342. The Morgan fingerprint density at radius 2 is 2.03 bits per heavy atom. The average Bonchev–Trinajstić information content (AvgIpc) is 3.48. The number of rotatable bonds is 4. The number of thiazole rings is 1. The maximum atomic E-state index is 12.9. The van der Waals surface area contributed by atoms with E-state index in [4.69, 9.17) is 9.84 Å². The fraction of sp³-hybridized carbons (Fsp3) is 0.524. The summed E-state index contributed by atoms with van der Waals surface area (Å²) in [4.78, 5) is 26.9. The van der Waals surface area contributed by atoms with Crippen molar-refractivity contribution < 1.29 is 9.53 Å². The van der Waals surface area contributed by atoms with Gasteiger partial charge in [0, 0.05) is 50.4 Å². The van der Waals surface area contributed by atoms with Crippen LogP contribution in [0.1, 0.15) is 44.7 Å². The minimum absolute atomic E-state index is 0.0902. The van der Waals surface area contributed by atoms with Crippen molar-refractivity contribution in [2.24, 2.45) is 0 Å². The van der Waals surface area contributed by atoms with Crippen molar-refractivity contribution in [3.05, 3.63) is 45.3 Å². The summed E-state index contributed by atoms with van der Waals surface area (Å²) in [6.45, 7) is 9.69. The molecule has 0 bridgehead atoms. The molecule has 0 saturated carbocycles. The molecule has 1 atom stereocenters. The van der Waals surface area contributed by atoms with Gasteiger partial charge >= 0.3 is 0 Å². The van der Waals surface area contributed by atoms with Crippen LogP contribution in [0.2, 0.25) is 0 Å². The molecule has 2 aliphatic rings. The van der Waals surface area contributed by atoms with E-state index < -0.39 is 0 Å². The average molecular weight is 427 g/mol. The second kappa shape index (κ2) is 8.05. The van der Waals surface area contributed by atoms with E-state index in [-0.39, 0.29) is 11.8 Å². The number of ether oxygens (including phenoxy) is 1. The van der Waals surface area contributed by atoms with Gasteiger partial charge in [-0.05, 0) is 26.3 Å². The lowest BCUT2D eigenvalue weighted by Gasteiger charge is -2.26. The smallest absolute Gasteiger partial charge is 0.265 e. The Balaban J connectivity index is 1.39. The van der Waals surface area contributed by atoms with E-state index in [2.05, 4.69) is 27.9 Å². The maximum Gasteiger partial charge on any atom is 0.265 e. The summed E-state index contributed by atoms with van der Waals surface area (Å²) >= 11 is 1.42. The van der Waals surface area contributed by atoms with Gasteiger partial charge in [0.2, 0.25) is 0 Å². The topological polar surface area (TPSA) is 75.9 Å². The third-order valence-electron chi connectivity index (χ3n) is 6.16. The number of nitrogens with zero attached hydrogens (tertiary/aromatic N) is 6. The highest BCUT2D eigenvalue weighted by Gasteiger charge is 2.31. The molecule has 3 aromatic rings. The highest BCUT2D eigenvalue weighted by molar-refractivity contribution is 7.11. The molecule has 5 rings (SSSR count). The van der Waals surface area contributed by atoms with Gasteiger partial charge in [0.1, 0.15) is 4.88 Å². The molecule has 0 unspecified atom stereocenters. The van der Waals surface area contributed by atoms with Gasteiger partial charge in [-0.25, -0.2) is 14.5 Å². The Kier molecular flexibility index (Phi) is 5.26. The lowest BCUT2D eigenvalue weighted by Crippen LogP contribution is -2.35. The fourth-order valence-corrected chi connectivity index (χ4v) is 5.20. The fourth-order valence-electron chi connectivity index (χ4n) is 4.43. The van der Waals surface area contributed by atoms with E-state index in [1.165, 1.54) is 16.9 Å². The van der Waals surface area contributed by atoms with Crippen LogP contribution in [0.5, 0.6) is 0 Å². The van der Waals surface area contributed by atoms with Gasteiger partial charge in [0.05, 0.1) is 35.8 Å². The number of fused-ring (bicyclic) bond motifs is 1. The monoisotopic (exact) mass is 426 g/mol. The summed E-state index contributed by atoms with van der Waals surface area (Å²) in [5.74, 6) is 0.343. The summed E-state index contributed by atoms with van der Waals surface area (Å²) in [6.07, 6.45) is 2.81. The Hall–Kier alpha value is -2.36. The predicted molar refractivity (Wildman–Crippen MR) is 114 cm³/mol. The summed E-state index contributed by atoms with van der Waals surface area (Å²) < 4.78 is 7.47. The molecule has 30 heavy (non-hydrogen) atoms. The van der Waals surface area contributed by atoms with Crippen LogP contribution >= 0.6 is 11.3 Å². The molecule has 2 aliphatic heterocycles. The first-order chi connectivity index (χ1) is 14.6. The second-order valence-corrected chi connectivity index (χ2v) is 8.92. The van der Waals surface area contributed by atoms with E-state index in [0.29, 0.717) is 6.54 Å². The van der Waals surface area contributed by atoms with Crippen molar-refractivity contribution in [3.63, 3.8) is 0 Å². The Bertz CT molecular complexity index is 1070. The molecule has 0 spiro atoms. The molecule has 0 N–H and O–H groups in total. The van der Waals surface area contributed by atoms with Gasteiger partial charge in [-0.15, -0.1) is 11.3 Å². The van der Waals surface area contributed by atoms with E-state index in [0.717, 1.165) is 73.4 Å². The zero-order valence-corrected chi connectivity index (χ0v) is 18.2. The molecule has 3 aromatic heterocycles. The van der Waals surface area contributed by atoms with Crippen molar-refractivity contribution in [3.8, 4) is 0 Å². The van der Waals surface area contributed by atoms with Crippen molar-refractivity contribution >= 4 is 22.9 Å². The molecular weight excluding hydrogens is 400 g/mol. The van der Waals surface area contributed by atoms with E-state index in [1.807, 2.05) is 22.5 Å². The minimum atomic E-state index is 0.0902. The number of hydrogen-bond acceptors (Lipinski definition) is 7. The quantitative estimate of drug-likeness (QED) is 0.637. The largest absolute Gasteiger partial charge is 0.379 e. The highest BCUT2D eigenvalue weighted by Crippen LogP contribution is 2.30. The van der Waals surface area contributed by atoms with Gasteiger partial charge in [-0.3, -0.25) is 9.69 Å². The van der Waals surface area contributed by atoms with Gasteiger partial charge in [-0.1, -0.05) is 0 Å². The first-order valence-corrected chi connectivity index (χ1v) is 11.3. The van der Waals surface area contributed by atoms with Crippen molar-refractivity contribution in [1.29, 1.82) is 0 Å². The number of carbonyl (C=O) groups excluding carboxylic acids is 1. The van der Waals surface area contributed by atoms with Crippen LogP contribution < -0.4 is 0 Å². The number of hydrogen-bond donors (Lipinski definition) is 0. The van der Waals surface area contributed by atoms with Crippen LogP contribution in [0.4, 0.5) is 0 Å². The number of aromatic nitrogens is 4. The summed E-state index contributed by atoms with van der Waals surface area (Å²) in [6, 6.07) is 2.05. The van der Waals surface area contributed by atoms with Gasteiger partial charge < -0.3 is 9.64 Å². The molecule has 9 heteroatoms. The third-order valence-corrected chi connectivity index (χ3v) is 7.08. The third kappa shape index (κ3) is 3.51. The SMILES string of the molecule is Cc1ncsc1C(=O)N1CC[C@@H](c2ccnc3c(CN4CCOCC4)c(C)nn23)C1. The van der Waals surface area contributed by atoms with Crippen LogP contribution in [-0.2, 0) is 11.3 Å². The first kappa shape index (κ1) is 19.6. The van der Waals surface area contributed by atoms with Crippen LogP contribution in [0.15, 0.2) is 17.8 Å². The molecule has 0 aromatic carbocycles. The predicted octanol–water partition coefficient (Wildman–Crippen LogP) is 2.26. The van der Waals surface area contributed by atoms with Crippen molar-refractivity contribution in [1.82, 2.24) is 29.4 Å². The zero-order valence-electron chi connectivity index (χ0n) is 17.4. The zero-order chi connectivity index (χ0) is 20.7. The number of aryl methyl sites for hydroxylation is 2. The van der Waals surface area contributed by atoms with Crippen LogP contribution in [0, 0.1) is 13.8 Å². The Labute approximate surface area is 179 Å². The highest BCUT2D eigenvalue weighted by atomic mass is 32.1. The molecule has 158 valence electrons. The summed E-state index contributed by atoms with van der Waals surface area (Å²) in [7, 11) is 0.